The smallest absolute Gasteiger partial charge is 0.0616 e. The van der Waals surface area contributed by atoms with E-state index in [0.717, 1.165) is 31.0 Å². The highest BCUT2D eigenvalue weighted by Crippen LogP contribution is 2.33. The maximum atomic E-state index is 5.50. The Labute approximate surface area is 108 Å². The fourth-order valence-corrected chi connectivity index (χ4v) is 3.10. The molecule has 4 unspecified atom stereocenters. The van der Waals surface area contributed by atoms with Gasteiger partial charge in [0.15, 0.2) is 0 Å². The normalized spacial score (nSPS) is 31.8. The summed E-state index contributed by atoms with van der Waals surface area (Å²) >= 11 is 0. The molecule has 102 valence electrons. The number of nitrogens with one attached hydrogen (secondary N) is 1. The Morgan fingerprint density at radius 2 is 1.94 bits per heavy atom. The van der Waals surface area contributed by atoms with E-state index in [-0.39, 0.29) is 0 Å². The third kappa shape index (κ3) is 4.97. The standard InChI is InChI=1S/C15H31NO/c1-6-17-10-13(5)16-15-9-12(4)7-8-14(15)11(2)3/h11-16H,6-10H2,1-5H3. The molecule has 4 atom stereocenters. The van der Waals surface area contributed by atoms with E-state index in [2.05, 4.69) is 39.9 Å². The van der Waals surface area contributed by atoms with Gasteiger partial charge >= 0.3 is 0 Å². The van der Waals surface area contributed by atoms with Crippen molar-refractivity contribution < 1.29 is 4.74 Å². The molecule has 0 heterocycles. The van der Waals surface area contributed by atoms with Gasteiger partial charge in [0, 0.05) is 18.7 Å². The molecule has 1 aliphatic carbocycles. The first-order valence-electron chi connectivity index (χ1n) is 7.38. The second kappa shape index (κ2) is 7.38. The average Bonchev–Trinajstić information content (AvgIpc) is 2.26. The predicted molar refractivity (Wildman–Crippen MR) is 74.2 cm³/mol. The summed E-state index contributed by atoms with van der Waals surface area (Å²) in [6, 6.07) is 1.17. The summed E-state index contributed by atoms with van der Waals surface area (Å²) < 4.78 is 5.50. The molecule has 0 spiro atoms. The summed E-state index contributed by atoms with van der Waals surface area (Å²) in [6.07, 6.45) is 4.12. The van der Waals surface area contributed by atoms with Crippen LogP contribution >= 0.6 is 0 Å². The highest BCUT2D eigenvalue weighted by Gasteiger charge is 2.31. The Morgan fingerprint density at radius 3 is 2.53 bits per heavy atom. The van der Waals surface area contributed by atoms with Crippen LogP contribution in [0.3, 0.4) is 0 Å². The van der Waals surface area contributed by atoms with Crippen LogP contribution in [0.2, 0.25) is 0 Å². The average molecular weight is 241 g/mol. The molecule has 0 amide bonds. The van der Waals surface area contributed by atoms with Gasteiger partial charge in [-0.3, -0.25) is 0 Å². The summed E-state index contributed by atoms with van der Waals surface area (Å²) in [7, 11) is 0. The lowest BCUT2D eigenvalue weighted by Crippen LogP contribution is -2.47. The van der Waals surface area contributed by atoms with Gasteiger partial charge in [-0.2, -0.15) is 0 Å². The molecule has 17 heavy (non-hydrogen) atoms. The van der Waals surface area contributed by atoms with Crippen molar-refractivity contribution in [1.82, 2.24) is 5.32 Å². The minimum Gasteiger partial charge on any atom is -0.380 e. The minimum absolute atomic E-state index is 0.478. The van der Waals surface area contributed by atoms with Crippen molar-refractivity contribution >= 4 is 0 Å². The van der Waals surface area contributed by atoms with Crippen LogP contribution in [-0.2, 0) is 4.74 Å². The van der Waals surface area contributed by atoms with Crippen LogP contribution in [0, 0.1) is 17.8 Å². The van der Waals surface area contributed by atoms with Crippen molar-refractivity contribution in [3.63, 3.8) is 0 Å². The molecule has 0 aromatic heterocycles. The third-order valence-corrected chi connectivity index (χ3v) is 4.09. The van der Waals surface area contributed by atoms with E-state index in [4.69, 9.17) is 4.74 Å². The summed E-state index contributed by atoms with van der Waals surface area (Å²) in [5.74, 6) is 2.51. The monoisotopic (exact) mass is 241 g/mol. The summed E-state index contributed by atoms with van der Waals surface area (Å²) in [5, 5.41) is 3.79. The number of ether oxygens (including phenoxy) is 1. The summed E-state index contributed by atoms with van der Waals surface area (Å²) in [5.41, 5.74) is 0. The van der Waals surface area contributed by atoms with Crippen LogP contribution < -0.4 is 5.32 Å². The second-order valence-corrected chi connectivity index (χ2v) is 6.16. The van der Waals surface area contributed by atoms with Crippen molar-refractivity contribution in [1.29, 1.82) is 0 Å². The maximum Gasteiger partial charge on any atom is 0.0616 e. The first-order valence-corrected chi connectivity index (χ1v) is 7.38. The van der Waals surface area contributed by atoms with Gasteiger partial charge in [0.05, 0.1) is 6.61 Å². The van der Waals surface area contributed by atoms with E-state index in [1.807, 2.05) is 0 Å². The van der Waals surface area contributed by atoms with Gasteiger partial charge in [-0.1, -0.05) is 27.2 Å². The first-order chi connectivity index (χ1) is 8.04. The Hall–Kier alpha value is -0.0800. The minimum atomic E-state index is 0.478. The summed E-state index contributed by atoms with van der Waals surface area (Å²) in [6.45, 7) is 13.1. The molecule has 0 saturated heterocycles. The van der Waals surface area contributed by atoms with E-state index < -0.39 is 0 Å². The maximum absolute atomic E-state index is 5.50. The van der Waals surface area contributed by atoms with Crippen LogP contribution in [0.25, 0.3) is 0 Å². The Bertz CT molecular complexity index is 205. The molecule has 0 radical (unpaired) electrons. The molecule has 1 N–H and O–H groups in total. The predicted octanol–water partition coefficient (Wildman–Crippen LogP) is 3.46. The molecule has 0 bridgehead atoms. The zero-order chi connectivity index (χ0) is 12.8. The molecular weight excluding hydrogens is 210 g/mol. The van der Waals surface area contributed by atoms with E-state index in [9.17, 15) is 0 Å². The summed E-state index contributed by atoms with van der Waals surface area (Å²) in [4.78, 5) is 0. The van der Waals surface area contributed by atoms with Gasteiger partial charge < -0.3 is 10.1 Å². The van der Waals surface area contributed by atoms with Gasteiger partial charge in [0.1, 0.15) is 0 Å². The molecule has 0 aliphatic heterocycles. The van der Waals surface area contributed by atoms with Gasteiger partial charge in [0.2, 0.25) is 0 Å². The van der Waals surface area contributed by atoms with E-state index in [1.165, 1.54) is 19.3 Å². The number of hydrogen-bond acceptors (Lipinski definition) is 2. The van der Waals surface area contributed by atoms with Crippen LogP contribution in [-0.4, -0.2) is 25.3 Å². The van der Waals surface area contributed by atoms with Crippen LogP contribution in [0.4, 0.5) is 0 Å². The Morgan fingerprint density at radius 1 is 1.24 bits per heavy atom. The molecule has 1 saturated carbocycles. The lowest BCUT2D eigenvalue weighted by molar-refractivity contribution is 0.102. The molecular formula is C15H31NO. The highest BCUT2D eigenvalue weighted by molar-refractivity contribution is 4.86. The van der Waals surface area contributed by atoms with E-state index >= 15 is 0 Å². The van der Waals surface area contributed by atoms with Crippen LogP contribution in [0.1, 0.15) is 53.9 Å². The zero-order valence-electron chi connectivity index (χ0n) is 12.3. The molecule has 2 nitrogen and oxygen atoms in total. The molecule has 1 fully saturated rings. The van der Waals surface area contributed by atoms with Crippen molar-refractivity contribution in [3.05, 3.63) is 0 Å². The lowest BCUT2D eigenvalue weighted by Gasteiger charge is -2.39. The molecule has 0 aromatic rings. The van der Waals surface area contributed by atoms with E-state index in [0.29, 0.717) is 12.1 Å². The topological polar surface area (TPSA) is 21.3 Å². The van der Waals surface area contributed by atoms with Crippen LogP contribution in [0.5, 0.6) is 0 Å². The van der Waals surface area contributed by atoms with Crippen molar-refractivity contribution in [2.24, 2.45) is 17.8 Å². The van der Waals surface area contributed by atoms with Crippen LogP contribution in [0.15, 0.2) is 0 Å². The first kappa shape index (κ1) is 15.0. The zero-order valence-corrected chi connectivity index (χ0v) is 12.3. The molecule has 2 heteroatoms. The fourth-order valence-electron chi connectivity index (χ4n) is 3.10. The third-order valence-electron chi connectivity index (χ3n) is 4.09. The van der Waals surface area contributed by atoms with Gasteiger partial charge in [-0.15, -0.1) is 0 Å². The SMILES string of the molecule is CCOCC(C)NC1CC(C)CCC1C(C)C. The van der Waals surface area contributed by atoms with Crippen molar-refractivity contribution in [3.8, 4) is 0 Å². The Kier molecular flexibility index (Phi) is 6.50. The molecule has 0 aromatic carbocycles. The quantitative estimate of drug-likeness (QED) is 0.769. The van der Waals surface area contributed by atoms with Gasteiger partial charge in [0.25, 0.3) is 0 Å². The highest BCUT2D eigenvalue weighted by atomic mass is 16.5. The molecule has 1 aliphatic rings. The number of rotatable bonds is 6. The number of hydrogen-bond donors (Lipinski definition) is 1. The molecule has 1 rings (SSSR count). The Balaban J connectivity index is 2.45. The van der Waals surface area contributed by atoms with Gasteiger partial charge in [-0.05, 0) is 44.4 Å². The van der Waals surface area contributed by atoms with E-state index in [1.54, 1.807) is 0 Å². The fraction of sp³-hybridized carbons (Fsp3) is 1.00. The van der Waals surface area contributed by atoms with Crippen molar-refractivity contribution in [2.75, 3.05) is 13.2 Å². The largest absolute Gasteiger partial charge is 0.380 e. The van der Waals surface area contributed by atoms with Gasteiger partial charge in [-0.25, -0.2) is 0 Å². The second-order valence-electron chi connectivity index (χ2n) is 6.16. The lowest BCUT2D eigenvalue weighted by atomic mass is 9.74. The van der Waals surface area contributed by atoms with Crippen molar-refractivity contribution in [2.45, 2.75) is 66.0 Å².